The summed E-state index contributed by atoms with van der Waals surface area (Å²) in [7, 11) is 0. The van der Waals surface area contributed by atoms with E-state index in [2.05, 4.69) is 11.9 Å². The summed E-state index contributed by atoms with van der Waals surface area (Å²) in [6, 6.07) is 0.428. The number of carbonyl (C=O) groups excluding carboxylic acids is 1. The number of rotatable bonds is 5. The van der Waals surface area contributed by atoms with E-state index in [9.17, 15) is 4.79 Å². The summed E-state index contributed by atoms with van der Waals surface area (Å²) in [6.07, 6.45) is 1.16. The summed E-state index contributed by atoms with van der Waals surface area (Å²) in [5, 5.41) is 3.11. The monoisotopic (exact) mass is 159 g/mol. The van der Waals surface area contributed by atoms with Gasteiger partial charge in [0.2, 0.25) is 0 Å². The average Bonchev–Trinajstić information content (AvgIpc) is 1.97. The number of carbonyl (C=O) groups is 1. The van der Waals surface area contributed by atoms with E-state index in [0.29, 0.717) is 19.2 Å². The van der Waals surface area contributed by atoms with Gasteiger partial charge >= 0.3 is 5.97 Å². The molecule has 0 aliphatic heterocycles. The first-order chi connectivity index (χ1) is 5.16. The SMILES string of the molecule is C=CC(=O)OCCNC(C)C.[HH]. The second-order valence-electron chi connectivity index (χ2n) is 2.48. The third kappa shape index (κ3) is 7.06. The fourth-order valence-corrected chi connectivity index (χ4v) is 0.558. The van der Waals surface area contributed by atoms with Crippen molar-refractivity contribution in [2.75, 3.05) is 13.2 Å². The Kier molecular flexibility index (Phi) is 5.47. The molecule has 0 aromatic rings. The lowest BCUT2D eigenvalue weighted by Gasteiger charge is -2.06. The van der Waals surface area contributed by atoms with Crippen LogP contribution in [0.15, 0.2) is 12.7 Å². The van der Waals surface area contributed by atoms with E-state index in [1.807, 2.05) is 13.8 Å². The molecular weight excluding hydrogens is 142 g/mol. The number of nitrogens with one attached hydrogen (secondary N) is 1. The number of hydrogen-bond acceptors (Lipinski definition) is 3. The molecule has 1 N–H and O–H groups in total. The lowest BCUT2D eigenvalue weighted by atomic mass is 10.4. The van der Waals surface area contributed by atoms with Crippen molar-refractivity contribution < 1.29 is 11.0 Å². The zero-order chi connectivity index (χ0) is 8.69. The molecule has 66 valence electrons. The molecule has 0 unspecified atom stereocenters. The Balaban J connectivity index is 0. The molecule has 0 aromatic carbocycles. The zero-order valence-corrected chi connectivity index (χ0v) is 7.09. The Morgan fingerprint density at radius 2 is 2.45 bits per heavy atom. The molecule has 0 fully saturated rings. The predicted molar refractivity (Wildman–Crippen MR) is 46.4 cm³/mol. The maximum Gasteiger partial charge on any atom is 0.330 e. The molecule has 0 amide bonds. The van der Waals surface area contributed by atoms with Crippen LogP contribution in [0.25, 0.3) is 0 Å². The molecule has 3 nitrogen and oxygen atoms in total. The van der Waals surface area contributed by atoms with Crippen molar-refractivity contribution in [1.82, 2.24) is 5.32 Å². The van der Waals surface area contributed by atoms with Crippen molar-refractivity contribution in [3.05, 3.63) is 12.7 Å². The van der Waals surface area contributed by atoms with Gasteiger partial charge in [-0.1, -0.05) is 20.4 Å². The first kappa shape index (κ1) is 10.2. The molecule has 0 aromatic heterocycles. The molecule has 0 spiro atoms. The largest absolute Gasteiger partial charge is 0.461 e. The van der Waals surface area contributed by atoms with Gasteiger partial charge < -0.3 is 10.1 Å². The van der Waals surface area contributed by atoms with Crippen molar-refractivity contribution in [2.45, 2.75) is 19.9 Å². The summed E-state index contributed by atoms with van der Waals surface area (Å²) in [6.45, 7) is 8.45. The van der Waals surface area contributed by atoms with Crippen molar-refractivity contribution in [3.8, 4) is 0 Å². The van der Waals surface area contributed by atoms with Crippen LogP contribution in [-0.4, -0.2) is 25.2 Å². The van der Waals surface area contributed by atoms with Crippen LogP contribution in [0.2, 0.25) is 0 Å². The Morgan fingerprint density at radius 1 is 1.82 bits per heavy atom. The van der Waals surface area contributed by atoms with Crippen LogP contribution in [0.5, 0.6) is 0 Å². The van der Waals surface area contributed by atoms with Gasteiger partial charge in [-0.3, -0.25) is 0 Å². The van der Waals surface area contributed by atoms with Crippen molar-refractivity contribution in [1.29, 1.82) is 0 Å². The standard InChI is InChI=1S/C8H15NO2.H2/c1-4-8(10)11-6-5-9-7(2)3;/h4,7,9H,1,5-6H2,2-3H3;1H. The van der Waals surface area contributed by atoms with E-state index in [1.54, 1.807) is 0 Å². The van der Waals surface area contributed by atoms with Crippen molar-refractivity contribution >= 4 is 5.97 Å². The Hall–Kier alpha value is -0.830. The molecule has 11 heavy (non-hydrogen) atoms. The predicted octanol–water partition coefficient (Wildman–Crippen LogP) is 0.960. The molecule has 0 bridgehead atoms. The lowest BCUT2D eigenvalue weighted by molar-refractivity contribution is -0.137. The highest BCUT2D eigenvalue weighted by Crippen LogP contribution is 1.79. The maximum atomic E-state index is 10.5. The molecule has 0 aliphatic carbocycles. The molecule has 0 rings (SSSR count). The van der Waals surface area contributed by atoms with E-state index in [4.69, 9.17) is 4.74 Å². The smallest absolute Gasteiger partial charge is 0.330 e. The fraction of sp³-hybridized carbons (Fsp3) is 0.625. The van der Waals surface area contributed by atoms with Gasteiger partial charge in [-0.15, -0.1) is 0 Å². The first-order valence-corrected chi connectivity index (χ1v) is 3.69. The summed E-state index contributed by atoms with van der Waals surface area (Å²) in [5.41, 5.74) is 0. The Bertz CT molecular complexity index is 137. The third-order valence-electron chi connectivity index (χ3n) is 1.07. The van der Waals surface area contributed by atoms with Crippen LogP contribution >= 0.6 is 0 Å². The third-order valence-corrected chi connectivity index (χ3v) is 1.07. The van der Waals surface area contributed by atoms with E-state index < -0.39 is 0 Å². The molecule has 0 saturated carbocycles. The average molecular weight is 159 g/mol. The number of ether oxygens (including phenoxy) is 1. The minimum atomic E-state index is -0.365. The molecule has 0 heterocycles. The number of esters is 1. The molecule has 3 heteroatoms. The molecule has 0 atom stereocenters. The van der Waals surface area contributed by atoms with E-state index in [0.717, 1.165) is 6.08 Å². The molecule has 0 radical (unpaired) electrons. The van der Waals surface area contributed by atoms with Gasteiger partial charge in [0.25, 0.3) is 0 Å². The molecule has 0 saturated heterocycles. The van der Waals surface area contributed by atoms with Gasteiger partial charge in [0.15, 0.2) is 0 Å². The van der Waals surface area contributed by atoms with Crippen LogP contribution in [-0.2, 0) is 9.53 Å². The minimum Gasteiger partial charge on any atom is -0.461 e. The van der Waals surface area contributed by atoms with Crippen molar-refractivity contribution in [2.24, 2.45) is 0 Å². The fourth-order valence-electron chi connectivity index (χ4n) is 0.558. The quantitative estimate of drug-likeness (QED) is 0.369. The number of hydrogen-bond donors (Lipinski definition) is 1. The van der Waals surface area contributed by atoms with Gasteiger partial charge in [-0.05, 0) is 0 Å². The van der Waals surface area contributed by atoms with Gasteiger partial charge in [-0.2, -0.15) is 0 Å². The maximum absolute atomic E-state index is 10.5. The second-order valence-corrected chi connectivity index (χ2v) is 2.48. The first-order valence-electron chi connectivity index (χ1n) is 3.69. The van der Waals surface area contributed by atoms with E-state index in [1.165, 1.54) is 0 Å². The summed E-state index contributed by atoms with van der Waals surface area (Å²) in [4.78, 5) is 10.5. The van der Waals surface area contributed by atoms with Crippen molar-refractivity contribution in [3.63, 3.8) is 0 Å². The van der Waals surface area contributed by atoms with E-state index in [-0.39, 0.29) is 7.40 Å². The summed E-state index contributed by atoms with van der Waals surface area (Å²) in [5.74, 6) is -0.365. The lowest BCUT2D eigenvalue weighted by Crippen LogP contribution is -2.27. The highest BCUT2D eigenvalue weighted by Gasteiger charge is 1.95. The van der Waals surface area contributed by atoms with Gasteiger partial charge in [0.1, 0.15) is 6.61 Å². The van der Waals surface area contributed by atoms with Crippen LogP contribution in [0, 0.1) is 0 Å². The van der Waals surface area contributed by atoms with Crippen LogP contribution < -0.4 is 5.32 Å². The van der Waals surface area contributed by atoms with Gasteiger partial charge in [0.05, 0.1) is 0 Å². The molecule has 0 aliphatic rings. The normalized spacial score (nSPS) is 9.73. The highest BCUT2D eigenvalue weighted by atomic mass is 16.5. The highest BCUT2D eigenvalue weighted by molar-refractivity contribution is 5.81. The molecular formula is C8H17NO2. The summed E-state index contributed by atoms with van der Waals surface area (Å²) >= 11 is 0. The van der Waals surface area contributed by atoms with Crippen LogP contribution in [0.1, 0.15) is 15.3 Å². The van der Waals surface area contributed by atoms with Crippen LogP contribution in [0.3, 0.4) is 0 Å². The topological polar surface area (TPSA) is 38.3 Å². The van der Waals surface area contributed by atoms with Gasteiger partial charge in [0, 0.05) is 20.1 Å². The minimum absolute atomic E-state index is 0. The second kappa shape index (κ2) is 5.92. The Morgan fingerprint density at radius 3 is 2.91 bits per heavy atom. The van der Waals surface area contributed by atoms with Crippen LogP contribution in [0.4, 0.5) is 0 Å². The van der Waals surface area contributed by atoms with E-state index >= 15 is 0 Å². The van der Waals surface area contributed by atoms with Gasteiger partial charge in [-0.25, -0.2) is 4.79 Å². The summed E-state index contributed by atoms with van der Waals surface area (Å²) < 4.78 is 4.72. The Labute approximate surface area is 68.9 Å². The zero-order valence-electron chi connectivity index (χ0n) is 7.09.